The van der Waals surface area contributed by atoms with Crippen LogP contribution in [0.2, 0.25) is 0 Å². The number of nitrogens with zero attached hydrogens (tertiary/aromatic N) is 1. The average Bonchev–Trinajstić information content (AvgIpc) is 2.81. The number of hydrogen-bond acceptors (Lipinski definition) is 4. The Morgan fingerprint density at radius 1 is 1.08 bits per heavy atom. The third-order valence-corrected chi connectivity index (χ3v) is 4.02. The Kier molecular flexibility index (Phi) is 5.56. The van der Waals surface area contributed by atoms with Crippen molar-refractivity contribution in [1.29, 1.82) is 0 Å². The van der Waals surface area contributed by atoms with Crippen molar-refractivity contribution in [3.63, 3.8) is 0 Å². The van der Waals surface area contributed by atoms with Crippen molar-refractivity contribution in [2.24, 2.45) is 0 Å². The van der Waals surface area contributed by atoms with E-state index in [1.165, 1.54) is 11.1 Å². The molecule has 0 saturated carbocycles. The van der Waals surface area contributed by atoms with Crippen LogP contribution < -0.4 is 14.8 Å². The number of hydrogen-bond donors (Lipinski definition) is 1. The first kappa shape index (κ1) is 17.3. The molecule has 1 N–H and O–H groups in total. The van der Waals surface area contributed by atoms with Crippen molar-refractivity contribution >= 4 is 11.6 Å². The molecule has 0 atom stereocenters. The van der Waals surface area contributed by atoms with Gasteiger partial charge in [0.25, 0.3) is 0 Å². The van der Waals surface area contributed by atoms with E-state index in [1.54, 1.807) is 0 Å². The fourth-order valence-corrected chi connectivity index (χ4v) is 2.75. The summed E-state index contributed by atoms with van der Waals surface area (Å²) in [6.07, 6.45) is 0.861. The van der Waals surface area contributed by atoms with Crippen molar-refractivity contribution in [2.75, 3.05) is 32.1 Å². The molecule has 0 unspecified atom stereocenters. The molecule has 5 nitrogen and oxygen atoms in total. The van der Waals surface area contributed by atoms with E-state index in [9.17, 15) is 4.79 Å². The molecule has 0 spiro atoms. The molecule has 1 aliphatic heterocycles. The van der Waals surface area contributed by atoms with Gasteiger partial charge in [0.1, 0.15) is 0 Å². The number of fused-ring (bicyclic) bond motifs is 1. The molecule has 0 saturated heterocycles. The molecular weight excluding hydrogens is 316 g/mol. The van der Waals surface area contributed by atoms with Gasteiger partial charge in [0.05, 0.1) is 19.8 Å². The van der Waals surface area contributed by atoms with Gasteiger partial charge >= 0.3 is 0 Å². The molecule has 5 heteroatoms. The van der Waals surface area contributed by atoms with E-state index >= 15 is 0 Å². The minimum atomic E-state index is -0.0518. The minimum absolute atomic E-state index is 0.0518. The van der Waals surface area contributed by atoms with Crippen LogP contribution in [0.1, 0.15) is 17.5 Å². The lowest BCUT2D eigenvalue weighted by Crippen LogP contribution is -2.29. The molecule has 1 amide bonds. The van der Waals surface area contributed by atoms with Crippen LogP contribution in [-0.2, 0) is 11.3 Å². The Bertz CT molecular complexity index is 728. The van der Waals surface area contributed by atoms with Crippen LogP contribution in [0, 0.1) is 6.92 Å². The van der Waals surface area contributed by atoms with Gasteiger partial charge < -0.3 is 14.8 Å². The fraction of sp³-hybridized carbons (Fsp3) is 0.350. The topological polar surface area (TPSA) is 50.8 Å². The summed E-state index contributed by atoms with van der Waals surface area (Å²) in [5.41, 5.74) is 3.15. The summed E-state index contributed by atoms with van der Waals surface area (Å²) in [5.74, 6) is 1.36. The number of anilines is 1. The monoisotopic (exact) mass is 340 g/mol. The van der Waals surface area contributed by atoms with Crippen LogP contribution in [0.15, 0.2) is 42.5 Å². The third kappa shape index (κ3) is 4.97. The number of likely N-dealkylation sites (N-methyl/N-ethyl adjacent to an activating group) is 1. The van der Waals surface area contributed by atoms with E-state index in [0.29, 0.717) is 25.5 Å². The summed E-state index contributed by atoms with van der Waals surface area (Å²) < 4.78 is 11.3. The number of carbonyl (C=O) groups is 1. The van der Waals surface area contributed by atoms with E-state index in [-0.39, 0.29) is 5.91 Å². The molecule has 132 valence electrons. The second kappa shape index (κ2) is 8.03. The smallest absolute Gasteiger partial charge is 0.238 e. The van der Waals surface area contributed by atoms with E-state index in [2.05, 4.69) is 36.5 Å². The van der Waals surface area contributed by atoms with E-state index in [0.717, 1.165) is 24.4 Å². The van der Waals surface area contributed by atoms with Crippen LogP contribution in [0.25, 0.3) is 0 Å². The van der Waals surface area contributed by atoms with Gasteiger partial charge in [0, 0.05) is 24.7 Å². The predicted octanol–water partition coefficient (Wildman–Crippen LogP) is 3.23. The summed E-state index contributed by atoms with van der Waals surface area (Å²) in [6, 6.07) is 13.8. The number of benzene rings is 2. The Morgan fingerprint density at radius 3 is 2.56 bits per heavy atom. The van der Waals surface area contributed by atoms with E-state index < -0.39 is 0 Å². The highest BCUT2D eigenvalue weighted by atomic mass is 16.5. The van der Waals surface area contributed by atoms with Crippen molar-refractivity contribution in [3.05, 3.63) is 53.6 Å². The standard InChI is InChI=1S/C20H24N2O3/c1-15-4-6-16(7-5-15)13-22(2)14-20(23)21-17-8-9-18-19(12-17)25-11-3-10-24-18/h4-9,12H,3,10-11,13-14H2,1-2H3,(H,21,23). The molecule has 2 aromatic carbocycles. The predicted molar refractivity (Wildman–Crippen MR) is 98.2 cm³/mol. The molecule has 1 aliphatic rings. The first-order valence-corrected chi connectivity index (χ1v) is 8.54. The Morgan fingerprint density at radius 2 is 1.80 bits per heavy atom. The molecule has 3 rings (SSSR count). The fourth-order valence-electron chi connectivity index (χ4n) is 2.75. The summed E-state index contributed by atoms with van der Waals surface area (Å²) in [4.78, 5) is 14.3. The maximum atomic E-state index is 12.3. The van der Waals surface area contributed by atoms with Crippen LogP contribution in [0.4, 0.5) is 5.69 Å². The average molecular weight is 340 g/mol. The minimum Gasteiger partial charge on any atom is -0.490 e. The van der Waals surface area contributed by atoms with Crippen LogP contribution >= 0.6 is 0 Å². The second-order valence-corrected chi connectivity index (χ2v) is 6.42. The lowest BCUT2D eigenvalue weighted by Gasteiger charge is -2.17. The van der Waals surface area contributed by atoms with Crippen molar-refractivity contribution in [3.8, 4) is 11.5 Å². The number of ether oxygens (including phenoxy) is 2. The van der Waals surface area contributed by atoms with Gasteiger partial charge in [-0.25, -0.2) is 0 Å². The van der Waals surface area contributed by atoms with Gasteiger partial charge in [-0.3, -0.25) is 9.69 Å². The number of carbonyl (C=O) groups excluding carboxylic acids is 1. The zero-order chi connectivity index (χ0) is 17.6. The normalized spacial score (nSPS) is 13.4. The van der Waals surface area contributed by atoms with Gasteiger partial charge in [0.15, 0.2) is 11.5 Å². The molecule has 1 heterocycles. The quantitative estimate of drug-likeness (QED) is 0.908. The molecular formula is C20H24N2O3. The van der Waals surface area contributed by atoms with Gasteiger partial charge in [-0.15, -0.1) is 0 Å². The summed E-state index contributed by atoms with van der Waals surface area (Å²) >= 11 is 0. The molecule has 2 aromatic rings. The van der Waals surface area contributed by atoms with Crippen molar-refractivity contribution < 1.29 is 14.3 Å². The highest BCUT2D eigenvalue weighted by Crippen LogP contribution is 2.32. The van der Waals surface area contributed by atoms with Crippen LogP contribution in [-0.4, -0.2) is 37.6 Å². The van der Waals surface area contributed by atoms with Crippen molar-refractivity contribution in [1.82, 2.24) is 4.90 Å². The van der Waals surface area contributed by atoms with Crippen LogP contribution in [0.5, 0.6) is 11.5 Å². The number of rotatable bonds is 5. The third-order valence-electron chi connectivity index (χ3n) is 4.02. The zero-order valence-electron chi connectivity index (χ0n) is 14.7. The molecule has 0 aliphatic carbocycles. The van der Waals surface area contributed by atoms with Gasteiger partial charge in [0.2, 0.25) is 5.91 Å². The SMILES string of the molecule is Cc1ccc(CN(C)CC(=O)Nc2ccc3c(c2)OCCCO3)cc1. The Balaban J connectivity index is 1.55. The molecule has 25 heavy (non-hydrogen) atoms. The Hall–Kier alpha value is -2.53. The van der Waals surface area contributed by atoms with E-state index in [4.69, 9.17) is 9.47 Å². The number of nitrogens with one attached hydrogen (secondary N) is 1. The van der Waals surface area contributed by atoms with Gasteiger partial charge in [-0.1, -0.05) is 29.8 Å². The van der Waals surface area contributed by atoms with Gasteiger partial charge in [-0.2, -0.15) is 0 Å². The van der Waals surface area contributed by atoms with E-state index in [1.807, 2.05) is 30.1 Å². The maximum absolute atomic E-state index is 12.3. The first-order chi connectivity index (χ1) is 12.1. The molecule has 0 fully saturated rings. The molecule has 0 radical (unpaired) electrons. The lowest BCUT2D eigenvalue weighted by atomic mass is 10.1. The van der Waals surface area contributed by atoms with Crippen LogP contribution in [0.3, 0.4) is 0 Å². The number of aryl methyl sites for hydroxylation is 1. The maximum Gasteiger partial charge on any atom is 0.238 e. The first-order valence-electron chi connectivity index (χ1n) is 8.54. The molecule has 0 aromatic heterocycles. The van der Waals surface area contributed by atoms with Gasteiger partial charge in [-0.05, 0) is 31.7 Å². The van der Waals surface area contributed by atoms with Crippen molar-refractivity contribution in [2.45, 2.75) is 19.9 Å². The highest BCUT2D eigenvalue weighted by Gasteiger charge is 2.13. The highest BCUT2D eigenvalue weighted by molar-refractivity contribution is 5.92. The number of amides is 1. The molecule has 0 bridgehead atoms. The summed E-state index contributed by atoms with van der Waals surface area (Å²) in [7, 11) is 1.94. The summed E-state index contributed by atoms with van der Waals surface area (Å²) in [5, 5.41) is 2.92. The zero-order valence-corrected chi connectivity index (χ0v) is 14.7. The Labute approximate surface area is 148 Å². The summed E-state index contributed by atoms with van der Waals surface area (Å²) in [6.45, 7) is 4.40. The second-order valence-electron chi connectivity index (χ2n) is 6.42. The lowest BCUT2D eigenvalue weighted by molar-refractivity contribution is -0.117. The largest absolute Gasteiger partial charge is 0.490 e.